The molecule has 0 amide bonds. The molecule has 1 unspecified atom stereocenters. The highest BCUT2D eigenvalue weighted by Crippen LogP contribution is 2.28. The number of imidazole rings is 1. The van der Waals surface area contributed by atoms with Crippen molar-refractivity contribution >= 4 is 15.9 Å². The van der Waals surface area contributed by atoms with Gasteiger partial charge in [-0.3, -0.25) is 0 Å². The molecular formula is C17H24BrN3. The minimum absolute atomic E-state index is 0.141. The Labute approximate surface area is 135 Å². The molecule has 1 aromatic carbocycles. The molecule has 2 aromatic rings. The van der Waals surface area contributed by atoms with Gasteiger partial charge in [-0.25, -0.2) is 4.98 Å². The van der Waals surface area contributed by atoms with Crippen molar-refractivity contribution in [2.24, 2.45) is 0 Å². The van der Waals surface area contributed by atoms with Crippen LogP contribution in [-0.4, -0.2) is 16.1 Å². The Morgan fingerprint density at radius 1 is 1.24 bits per heavy atom. The molecule has 1 aromatic heterocycles. The van der Waals surface area contributed by atoms with E-state index >= 15 is 0 Å². The number of benzene rings is 1. The lowest BCUT2D eigenvalue weighted by atomic mass is 10.0. The molecule has 1 heterocycles. The van der Waals surface area contributed by atoms with Crippen molar-refractivity contribution in [3.8, 4) is 0 Å². The molecule has 1 atom stereocenters. The summed E-state index contributed by atoms with van der Waals surface area (Å²) in [6, 6.07) is 4.63. The molecule has 3 nitrogen and oxygen atoms in total. The SMILES string of the molecule is CCCn1ccnc1C(NCC)c1cc(C)c(Br)c(C)c1. The van der Waals surface area contributed by atoms with E-state index in [1.165, 1.54) is 21.2 Å². The van der Waals surface area contributed by atoms with E-state index in [-0.39, 0.29) is 6.04 Å². The van der Waals surface area contributed by atoms with Gasteiger partial charge in [0.25, 0.3) is 0 Å². The first-order valence-electron chi connectivity index (χ1n) is 7.59. The first-order valence-corrected chi connectivity index (χ1v) is 8.38. The van der Waals surface area contributed by atoms with Crippen molar-refractivity contribution in [3.63, 3.8) is 0 Å². The van der Waals surface area contributed by atoms with E-state index in [0.717, 1.165) is 25.3 Å². The van der Waals surface area contributed by atoms with E-state index in [9.17, 15) is 0 Å². The van der Waals surface area contributed by atoms with Gasteiger partial charge in [0.1, 0.15) is 5.82 Å². The summed E-state index contributed by atoms with van der Waals surface area (Å²) in [7, 11) is 0. The molecule has 1 N–H and O–H groups in total. The standard InChI is InChI=1S/C17H24BrN3/c1-5-8-21-9-7-20-17(21)16(19-6-2)14-10-12(3)15(18)13(4)11-14/h7,9-11,16,19H,5-6,8H2,1-4H3. The fourth-order valence-electron chi connectivity index (χ4n) is 2.72. The highest BCUT2D eigenvalue weighted by Gasteiger charge is 2.19. The van der Waals surface area contributed by atoms with Gasteiger partial charge in [0.15, 0.2) is 0 Å². The average Bonchev–Trinajstić information content (AvgIpc) is 2.90. The van der Waals surface area contributed by atoms with Crippen LogP contribution in [0.1, 0.15) is 48.8 Å². The van der Waals surface area contributed by atoms with Gasteiger partial charge in [-0.2, -0.15) is 0 Å². The Bertz CT molecular complexity index is 581. The van der Waals surface area contributed by atoms with Crippen LogP contribution in [0.2, 0.25) is 0 Å². The number of aryl methyl sites for hydroxylation is 3. The van der Waals surface area contributed by atoms with Crippen LogP contribution < -0.4 is 5.32 Å². The molecule has 0 spiro atoms. The van der Waals surface area contributed by atoms with Gasteiger partial charge < -0.3 is 9.88 Å². The third-order valence-electron chi connectivity index (χ3n) is 3.67. The monoisotopic (exact) mass is 349 g/mol. The average molecular weight is 350 g/mol. The first kappa shape index (κ1) is 16.2. The molecule has 2 rings (SSSR count). The molecule has 0 aliphatic rings. The molecule has 0 saturated carbocycles. The molecular weight excluding hydrogens is 326 g/mol. The van der Waals surface area contributed by atoms with Crippen molar-refractivity contribution < 1.29 is 0 Å². The Morgan fingerprint density at radius 3 is 2.48 bits per heavy atom. The Hall–Kier alpha value is -1.13. The maximum absolute atomic E-state index is 4.60. The zero-order chi connectivity index (χ0) is 15.4. The number of aromatic nitrogens is 2. The highest BCUT2D eigenvalue weighted by atomic mass is 79.9. The lowest BCUT2D eigenvalue weighted by Crippen LogP contribution is -2.25. The third kappa shape index (κ3) is 3.55. The molecule has 0 aliphatic carbocycles. The molecule has 0 bridgehead atoms. The van der Waals surface area contributed by atoms with Gasteiger partial charge >= 0.3 is 0 Å². The fraction of sp³-hybridized carbons (Fsp3) is 0.471. The quantitative estimate of drug-likeness (QED) is 0.838. The summed E-state index contributed by atoms with van der Waals surface area (Å²) >= 11 is 3.65. The molecule has 21 heavy (non-hydrogen) atoms. The largest absolute Gasteiger partial charge is 0.333 e. The molecule has 4 heteroatoms. The van der Waals surface area contributed by atoms with Gasteiger partial charge in [-0.15, -0.1) is 0 Å². The number of hydrogen-bond acceptors (Lipinski definition) is 2. The van der Waals surface area contributed by atoms with Crippen LogP contribution in [0.5, 0.6) is 0 Å². The van der Waals surface area contributed by atoms with Crippen LogP contribution in [0.15, 0.2) is 29.0 Å². The second kappa shape index (κ2) is 7.23. The predicted molar refractivity (Wildman–Crippen MR) is 91.7 cm³/mol. The van der Waals surface area contributed by atoms with Crippen molar-refractivity contribution in [1.82, 2.24) is 14.9 Å². The fourth-order valence-corrected chi connectivity index (χ4v) is 2.95. The van der Waals surface area contributed by atoms with E-state index in [0.29, 0.717) is 0 Å². The molecule has 0 saturated heterocycles. The second-order valence-electron chi connectivity index (χ2n) is 5.44. The van der Waals surface area contributed by atoms with Crippen LogP contribution >= 0.6 is 15.9 Å². The summed E-state index contributed by atoms with van der Waals surface area (Å²) in [6.07, 6.45) is 5.08. The summed E-state index contributed by atoms with van der Waals surface area (Å²) in [4.78, 5) is 4.60. The number of nitrogens with one attached hydrogen (secondary N) is 1. The normalized spacial score (nSPS) is 12.6. The summed E-state index contributed by atoms with van der Waals surface area (Å²) in [5, 5.41) is 3.58. The van der Waals surface area contributed by atoms with Gasteiger partial charge in [0.2, 0.25) is 0 Å². The van der Waals surface area contributed by atoms with Crippen LogP contribution in [0, 0.1) is 13.8 Å². The highest BCUT2D eigenvalue weighted by molar-refractivity contribution is 9.10. The maximum atomic E-state index is 4.60. The molecule has 0 fully saturated rings. The van der Waals surface area contributed by atoms with Crippen LogP contribution in [0.3, 0.4) is 0 Å². The molecule has 0 aliphatic heterocycles. The Kier molecular flexibility index (Phi) is 5.59. The summed E-state index contributed by atoms with van der Waals surface area (Å²) in [5.74, 6) is 1.10. The lowest BCUT2D eigenvalue weighted by Gasteiger charge is -2.21. The van der Waals surface area contributed by atoms with Gasteiger partial charge in [0, 0.05) is 23.4 Å². The van der Waals surface area contributed by atoms with E-state index in [4.69, 9.17) is 0 Å². The Balaban J connectivity index is 2.45. The van der Waals surface area contributed by atoms with E-state index in [2.05, 4.69) is 76.8 Å². The number of rotatable bonds is 6. The number of nitrogens with zero attached hydrogens (tertiary/aromatic N) is 2. The van der Waals surface area contributed by atoms with Crippen LogP contribution in [0.4, 0.5) is 0 Å². The maximum Gasteiger partial charge on any atom is 0.130 e. The van der Waals surface area contributed by atoms with E-state index in [1.54, 1.807) is 0 Å². The van der Waals surface area contributed by atoms with Crippen LogP contribution in [0.25, 0.3) is 0 Å². The first-order chi connectivity index (χ1) is 10.1. The number of hydrogen-bond donors (Lipinski definition) is 1. The topological polar surface area (TPSA) is 29.9 Å². The zero-order valence-corrected chi connectivity index (χ0v) is 14.9. The van der Waals surface area contributed by atoms with Crippen LogP contribution in [-0.2, 0) is 6.54 Å². The second-order valence-corrected chi connectivity index (χ2v) is 6.23. The minimum atomic E-state index is 0.141. The third-order valence-corrected chi connectivity index (χ3v) is 4.92. The Morgan fingerprint density at radius 2 is 1.90 bits per heavy atom. The van der Waals surface area contributed by atoms with E-state index in [1.807, 2.05) is 6.20 Å². The van der Waals surface area contributed by atoms with E-state index < -0.39 is 0 Å². The minimum Gasteiger partial charge on any atom is -0.333 e. The summed E-state index contributed by atoms with van der Waals surface area (Å²) in [6.45, 7) is 10.5. The zero-order valence-electron chi connectivity index (χ0n) is 13.3. The van der Waals surface area contributed by atoms with Crippen molar-refractivity contribution in [1.29, 1.82) is 0 Å². The predicted octanol–water partition coefficient (Wildman–Crippen LogP) is 4.37. The van der Waals surface area contributed by atoms with Gasteiger partial charge in [-0.1, -0.05) is 41.9 Å². The van der Waals surface area contributed by atoms with Crippen molar-refractivity contribution in [2.45, 2.75) is 46.7 Å². The smallest absolute Gasteiger partial charge is 0.130 e. The summed E-state index contributed by atoms with van der Waals surface area (Å²) < 4.78 is 3.44. The van der Waals surface area contributed by atoms with Gasteiger partial charge in [0.05, 0.1) is 6.04 Å². The molecule has 0 radical (unpaired) electrons. The van der Waals surface area contributed by atoms with Gasteiger partial charge in [-0.05, 0) is 43.5 Å². The number of halogens is 1. The van der Waals surface area contributed by atoms with Crippen molar-refractivity contribution in [2.75, 3.05) is 6.54 Å². The van der Waals surface area contributed by atoms with Crippen molar-refractivity contribution in [3.05, 3.63) is 51.5 Å². The molecule has 114 valence electrons. The summed E-state index contributed by atoms with van der Waals surface area (Å²) in [5.41, 5.74) is 3.81. The lowest BCUT2D eigenvalue weighted by molar-refractivity contribution is 0.543.